The quantitative estimate of drug-likeness (QED) is 0.500. The van der Waals surface area contributed by atoms with E-state index in [1.807, 2.05) is 0 Å². The monoisotopic (exact) mass is 442 g/mol. The van der Waals surface area contributed by atoms with Gasteiger partial charge in [0.05, 0.1) is 0 Å². The molecule has 6 unspecified atom stereocenters. The molecule has 0 saturated heterocycles. The molecule has 0 aliphatic heterocycles. The lowest BCUT2D eigenvalue weighted by atomic mass is 9.95. The van der Waals surface area contributed by atoms with Gasteiger partial charge in [0.2, 0.25) is 0 Å². The summed E-state index contributed by atoms with van der Waals surface area (Å²) in [5.41, 5.74) is 2.50. The van der Waals surface area contributed by atoms with E-state index in [1.165, 1.54) is 62.5 Å². The van der Waals surface area contributed by atoms with Gasteiger partial charge in [-0.2, -0.15) is 0 Å². The van der Waals surface area contributed by atoms with Crippen molar-refractivity contribution in [3.05, 3.63) is 35.4 Å². The highest BCUT2D eigenvalue weighted by molar-refractivity contribution is 7.80. The Morgan fingerprint density at radius 3 is 1.63 bits per heavy atom. The predicted molar refractivity (Wildman–Crippen MR) is 130 cm³/mol. The topological polar surface area (TPSA) is 48.1 Å². The van der Waals surface area contributed by atoms with Crippen LogP contribution in [0.3, 0.4) is 0 Å². The van der Waals surface area contributed by atoms with Crippen LogP contribution in [-0.4, -0.2) is 22.3 Å². The summed E-state index contributed by atoms with van der Waals surface area (Å²) in [5.74, 6) is 3.54. The van der Waals surface area contributed by atoms with Crippen LogP contribution < -0.4 is 21.3 Å². The molecule has 5 rings (SSSR count). The molecule has 4 N–H and O–H groups in total. The first kappa shape index (κ1) is 20.5. The van der Waals surface area contributed by atoms with Gasteiger partial charge in [0.25, 0.3) is 0 Å². The fraction of sp³-hybridized carbons (Fsp3) is 0.667. The molecule has 30 heavy (non-hydrogen) atoms. The number of nitrogens with one attached hydrogen (secondary N) is 4. The van der Waals surface area contributed by atoms with Crippen molar-refractivity contribution in [1.82, 2.24) is 21.3 Å². The van der Waals surface area contributed by atoms with Crippen LogP contribution in [0.5, 0.6) is 0 Å². The minimum absolute atomic E-state index is 0.586. The normalized spacial score (nSPS) is 33.5. The summed E-state index contributed by atoms with van der Waals surface area (Å²) in [7, 11) is 0. The number of thiocarbonyl (C=S) groups is 2. The molecule has 4 bridgehead atoms. The number of benzene rings is 1. The fourth-order valence-corrected chi connectivity index (χ4v) is 6.94. The minimum atomic E-state index is 0.586. The molecule has 1 aromatic rings. The zero-order valence-electron chi connectivity index (χ0n) is 17.7. The number of hydrogen-bond donors (Lipinski definition) is 4. The van der Waals surface area contributed by atoms with E-state index in [0.717, 1.165) is 47.0 Å². The maximum Gasteiger partial charge on any atom is 0.166 e. The van der Waals surface area contributed by atoms with Gasteiger partial charge in [0.1, 0.15) is 0 Å². The Bertz CT molecular complexity index is 736. The van der Waals surface area contributed by atoms with E-state index < -0.39 is 0 Å². The summed E-state index contributed by atoms with van der Waals surface area (Å²) < 4.78 is 0. The third-order valence-corrected chi connectivity index (χ3v) is 8.53. The van der Waals surface area contributed by atoms with Crippen molar-refractivity contribution in [2.75, 3.05) is 0 Å². The van der Waals surface area contributed by atoms with E-state index in [1.54, 1.807) is 0 Å². The fourth-order valence-electron chi connectivity index (χ4n) is 6.50. The molecule has 1 aromatic carbocycles. The minimum Gasteiger partial charge on any atom is -0.360 e. The second-order valence-corrected chi connectivity index (χ2v) is 10.9. The predicted octanol–water partition coefficient (Wildman–Crippen LogP) is 3.99. The Kier molecular flexibility index (Phi) is 6.15. The summed E-state index contributed by atoms with van der Waals surface area (Å²) in [6.07, 6.45) is 11.0. The molecular weight excluding hydrogens is 408 g/mol. The maximum absolute atomic E-state index is 5.55. The van der Waals surface area contributed by atoms with Crippen LogP contribution in [0.2, 0.25) is 0 Å². The lowest BCUT2D eigenvalue weighted by molar-refractivity contribution is 0.389. The molecule has 4 fully saturated rings. The van der Waals surface area contributed by atoms with Crippen LogP contribution in [0.1, 0.15) is 62.5 Å². The van der Waals surface area contributed by atoms with Gasteiger partial charge in [0, 0.05) is 25.2 Å². The van der Waals surface area contributed by atoms with Crippen molar-refractivity contribution < 1.29 is 0 Å². The van der Waals surface area contributed by atoms with Crippen LogP contribution in [-0.2, 0) is 13.1 Å². The van der Waals surface area contributed by atoms with E-state index in [4.69, 9.17) is 24.4 Å². The van der Waals surface area contributed by atoms with E-state index in [0.29, 0.717) is 12.1 Å². The van der Waals surface area contributed by atoms with E-state index in [2.05, 4.69) is 45.5 Å². The summed E-state index contributed by atoms with van der Waals surface area (Å²) in [4.78, 5) is 0. The van der Waals surface area contributed by atoms with Crippen LogP contribution in [0, 0.1) is 23.7 Å². The molecule has 4 saturated carbocycles. The Hall–Kier alpha value is -1.40. The highest BCUT2D eigenvalue weighted by Crippen LogP contribution is 2.45. The highest BCUT2D eigenvalue weighted by Gasteiger charge is 2.40. The van der Waals surface area contributed by atoms with Crippen LogP contribution in [0.4, 0.5) is 0 Å². The van der Waals surface area contributed by atoms with Crippen molar-refractivity contribution in [3.63, 3.8) is 0 Å². The summed E-state index contributed by atoms with van der Waals surface area (Å²) >= 11 is 11.1. The molecule has 0 amide bonds. The average molecular weight is 443 g/mol. The van der Waals surface area contributed by atoms with Crippen molar-refractivity contribution in [1.29, 1.82) is 0 Å². The van der Waals surface area contributed by atoms with E-state index in [9.17, 15) is 0 Å². The SMILES string of the molecule is S=C(NCc1cccc(CNC(=S)NC2CC3CCC2C3)c1)NC1CC2CCC1C2. The zero-order valence-corrected chi connectivity index (χ0v) is 19.3. The Labute approximate surface area is 191 Å². The van der Waals surface area contributed by atoms with Crippen LogP contribution >= 0.6 is 24.4 Å². The van der Waals surface area contributed by atoms with Gasteiger partial charge in [-0.1, -0.05) is 37.1 Å². The smallest absolute Gasteiger partial charge is 0.166 e. The highest BCUT2D eigenvalue weighted by atomic mass is 32.1. The summed E-state index contributed by atoms with van der Waals surface area (Å²) in [6, 6.07) is 9.84. The van der Waals surface area contributed by atoms with Gasteiger partial charge in [-0.3, -0.25) is 0 Å². The van der Waals surface area contributed by atoms with Crippen molar-refractivity contribution >= 4 is 34.7 Å². The van der Waals surface area contributed by atoms with Gasteiger partial charge >= 0.3 is 0 Å². The number of hydrogen-bond acceptors (Lipinski definition) is 2. The molecule has 0 heterocycles. The molecule has 0 spiro atoms. The Morgan fingerprint density at radius 1 is 0.733 bits per heavy atom. The molecular formula is C24H34N4S2. The van der Waals surface area contributed by atoms with Gasteiger partial charge in [-0.15, -0.1) is 0 Å². The van der Waals surface area contributed by atoms with Gasteiger partial charge < -0.3 is 21.3 Å². The lowest BCUT2D eigenvalue weighted by Crippen LogP contribution is -2.44. The molecule has 4 aliphatic carbocycles. The lowest BCUT2D eigenvalue weighted by Gasteiger charge is -2.25. The first-order valence-corrected chi connectivity index (χ1v) is 12.6. The van der Waals surface area contributed by atoms with Gasteiger partial charge in [0.15, 0.2) is 10.2 Å². The van der Waals surface area contributed by atoms with Crippen molar-refractivity contribution in [2.45, 2.75) is 76.5 Å². The molecule has 0 radical (unpaired) electrons. The molecule has 4 nitrogen and oxygen atoms in total. The van der Waals surface area contributed by atoms with Crippen LogP contribution in [0.25, 0.3) is 0 Å². The van der Waals surface area contributed by atoms with Gasteiger partial charge in [-0.05, 0) is 97.8 Å². The van der Waals surface area contributed by atoms with E-state index in [-0.39, 0.29) is 0 Å². The van der Waals surface area contributed by atoms with Crippen molar-refractivity contribution in [3.8, 4) is 0 Å². The molecule has 6 heteroatoms. The second kappa shape index (κ2) is 8.99. The summed E-state index contributed by atoms with van der Waals surface area (Å²) in [6.45, 7) is 1.52. The Balaban J connectivity index is 1.04. The first-order valence-electron chi connectivity index (χ1n) is 11.8. The standard InChI is InChI=1S/C24H34N4S2/c29-23(27-21-11-15-4-6-19(21)9-15)25-13-17-2-1-3-18(8-17)14-26-24(30)28-22-12-16-5-7-20(22)10-16/h1-3,8,15-16,19-22H,4-7,9-14H2,(H2,25,27,29)(H2,26,28,30). The largest absolute Gasteiger partial charge is 0.360 e. The first-order chi connectivity index (χ1) is 14.6. The molecule has 0 aromatic heterocycles. The zero-order chi connectivity index (χ0) is 20.5. The molecule has 6 atom stereocenters. The van der Waals surface area contributed by atoms with Crippen molar-refractivity contribution in [2.24, 2.45) is 23.7 Å². The Morgan fingerprint density at radius 2 is 1.23 bits per heavy atom. The van der Waals surface area contributed by atoms with Gasteiger partial charge in [-0.25, -0.2) is 0 Å². The number of rotatable bonds is 6. The molecule has 4 aliphatic rings. The van der Waals surface area contributed by atoms with E-state index >= 15 is 0 Å². The second-order valence-electron chi connectivity index (χ2n) is 10.0. The molecule has 162 valence electrons. The average Bonchev–Trinajstić information content (AvgIpc) is 3.53. The third kappa shape index (κ3) is 4.75. The summed E-state index contributed by atoms with van der Waals surface area (Å²) in [5, 5.41) is 15.5. The third-order valence-electron chi connectivity index (χ3n) is 8.01. The maximum atomic E-state index is 5.55. The number of fused-ring (bicyclic) bond motifs is 4. The van der Waals surface area contributed by atoms with Crippen LogP contribution in [0.15, 0.2) is 24.3 Å².